The molecule has 152 valence electrons. The molecule has 0 saturated carbocycles. The van der Waals surface area contributed by atoms with Gasteiger partial charge in [-0.25, -0.2) is 0 Å². The molecule has 1 saturated heterocycles. The van der Waals surface area contributed by atoms with E-state index in [4.69, 9.17) is 0 Å². The zero-order valence-electron chi connectivity index (χ0n) is 17.4. The Morgan fingerprint density at radius 1 is 0.964 bits per heavy atom. The van der Waals surface area contributed by atoms with Crippen LogP contribution in [-0.2, 0) is 26.7 Å². The van der Waals surface area contributed by atoms with Gasteiger partial charge in [-0.3, -0.25) is 14.6 Å². The first-order valence-corrected chi connectivity index (χ1v) is 10.1. The second kappa shape index (κ2) is 10.2. The van der Waals surface area contributed by atoms with Crippen molar-refractivity contribution in [2.24, 2.45) is 12.0 Å². The lowest BCUT2D eigenvalue weighted by atomic mass is 10.1. The molecule has 0 bridgehead atoms. The molecule has 1 aliphatic heterocycles. The van der Waals surface area contributed by atoms with Crippen LogP contribution in [0.4, 0.5) is 0 Å². The molecular weight excluding hydrogens is 350 g/mol. The van der Waals surface area contributed by atoms with Crippen molar-refractivity contribution >= 4 is 5.96 Å². The Morgan fingerprint density at radius 2 is 1.61 bits per heavy atom. The number of aryl methyl sites for hydroxylation is 1. The first-order chi connectivity index (χ1) is 13.7. The van der Waals surface area contributed by atoms with Crippen molar-refractivity contribution in [1.82, 2.24) is 30.2 Å². The fraction of sp³-hybridized carbons (Fsp3) is 0.524. The maximum atomic E-state index is 4.29. The van der Waals surface area contributed by atoms with Gasteiger partial charge in [-0.15, -0.1) is 0 Å². The van der Waals surface area contributed by atoms with Crippen LogP contribution in [0.3, 0.4) is 0 Å². The molecule has 1 aliphatic rings. The summed E-state index contributed by atoms with van der Waals surface area (Å²) in [5.74, 6) is 0.791. The Kier molecular flexibility index (Phi) is 7.45. The number of aliphatic imine (C=N–C) groups is 1. The second-order valence-corrected chi connectivity index (χ2v) is 7.25. The van der Waals surface area contributed by atoms with Gasteiger partial charge >= 0.3 is 0 Å². The zero-order chi connectivity index (χ0) is 19.8. The monoisotopic (exact) mass is 383 g/mol. The molecule has 1 aromatic carbocycles. The van der Waals surface area contributed by atoms with Crippen molar-refractivity contribution in [2.75, 3.05) is 39.8 Å². The summed E-state index contributed by atoms with van der Waals surface area (Å²) in [4.78, 5) is 9.35. The van der Waals surface area contributed by atoms with Crippen molar-refractivity contribution in [3.63, 3.8) is 0 Å². The highest BCUT2D eigenvalue weighted by atomic mass is 15.3. The van der Waals surface area contributed by atoms with E-state index in [9.17, 15) is 0 Å². The molecule has 0 unspecified atom stereocenters. The molecule has 0 amide bonds. The van der Waals surface area contributed by atoms with Gasteiger partial charge in [-0.1, -0.05) is 31.2 Å². The third kappa shape index (κ3) is 5.81. The molecule has 1 fully saturated rings. The van der Waals surface area contributed by atoms with Gasteiger partial charge in [-0.05, 0) is 23.7 Å². The van der Waals surface area contributed by atoms with Gasteiger partial charge in [-0.2, -0.15) is 5.10 Å². The highest BCUT2D eigenvalue weighted by Crippen LogP contribution is 2.10. The fourth-order valence-corrected chi connectivity index (χ4v) is 3.44. The molecule has 2 heterocycles. The van der Waals surface area contributed by atoms with Crippen LogP contribution < -0.4 is 10.6 Å². The number of likely N-dealkylation sites (N-methyl/N-ethyl adjacent to an activating group) is 1. The molecule has 0 atom stereocenters. The number of hydrogen-bond acceptors (Lipinski definition) is 4. The largest absolute Gasteiger partial charge is 0.352 e. The third-order valence-corrected chi connectivity index (χ3v) is 5.38. The van der Waals surface area contributed by atoms with Crippen LogP contribution in [0.25, 0.3) is 0 Å². The summed E-state index contributed by atoms with van der Waals surface area (Å²) in [7, 11) is 3.73. The van der Waals surface area contributed by atoms with Crippen LogP contribution in [0.2, 0.25) is 0 Å². The average molecular weight is 384 g/mol. The fourth-order valence-electron chi connectivity index (χ4n) is 3.44. The van der Waals surface area contributed by atoms with E-state index in [-0.39, 0.29) is 0 Å². The number of benzene rings is 1. The highest BCUT2D eigenvalue weighted by Gasteiger charge is 2.15. The van der Waals surface area contributed by atoms with E-state index < -0.39 is 0 Å². The van der Waals surface area contributed by atoms with Crippen LogP contribution in [0.5, 0.6) is 0 Å². The van der Waals surface area contributed by atoms with Crippen molar-refractivity contribution in [3.05, 3.63) is 53.3 Å². The Bertz CT molecular complexity index is 742. The van der Waals surface area contributed by atoms with Gasteiger partial charge < -0.3 is 15.5 Å². The lowest BCUT2D eigenvalue weighted by molar-refractivity contribution is 0.132. The standard InChI is InChI=1S/C21H33N7/c1-4-27-11-13-28(14-12-27)17-19-7-5-18(6-8-19)15-23-21(22-2)24-16-20-9-10-25-26(20)3/h5-10H,4,11-17H2,1-3H3,(H2,22,23,24). The van der Waals surface area contributed by atoms with E-state index in [1.807, 2.05) is 17.8 Å². The van der Waals surface area contributed by atoms with Gasteiger partial charge in [0.15, 0.2) is 5.96 Å². The highest BCUT2D eigenvalue weighted by molar-refractivity contribution is 5.79. The number of rotatable bonds is 7. The van der Waals surface area contributed by atoms with Crippen LogP contribution in [-0.4, -0.2) is 65.3 Å². The lowest BCUT2D eigenvalue weighted by Gasteiger charge is -2.34. The van der Waals surface area contributed by atoms with Crippen LogP contribution in [0.1, 0.15) is 23.7 Å². The van der Waals surface area contributed by atoms with E-state index in [1.54, 1.807) is 13.2 Å². The zero-order valence-corrected chi connectivity index (χ0v) is 17.4. The molecule has 7 heteroatoms. The van der Waals surface area contributed by atoms with Crippen LogP contribution in [0, 0.1) is 0 Å². The minimum absolute atomic E-state index is 0.695. The van der Waals surface area contributed by atoms with Crippen LogP contribution >= 0.6 is 0 Å². The molecule has 2 N–H and O–H groups in total. The molecule has 7 nitrogen and oxygen atoms in total. The molecular formula is C21H33N7. The van der Waals surface area contributed by atoms with Gasteiger partial charge in [0.2, 0.25) is 0 Å². The maximum absolute atomic E-state index is 4.29. The molecule has 1 aromatic heterocycles. The van der Waals surface area contributed by atoms with E-state index in [0.717, 1.165) is 44.4 Å². The quantitative estimate of drug-likeness (QED) is 0.559. The van der Waals surface area contributed by atoms with Crippen molar-refractivity contribution in [2.45, 2.75) is 26.6 Å². The summed E-state index contributed by atoms with van der Waals surface area (Å²) in [5, 5.41) is 10.9. The minimum Gasteiger partial charge on any atom is -0.352 e. The van der Waals surface area contributed by atoms with Crippen molar-refractivity contribution < 1.29 is 0 Å². The Morgan fingerprint density at radius 3 is 2.21 bits per heavy atom. The summed E-state index contributed by atoms with van der Waals surface area (Å²) in [6.45, 7) is 10.6. The smallest absolute Gasteiger partial charge is 0.191 e. The normalized spacial score (nSPS) is 16.3. The SMILES string of the molecule is CCN1CCN(Cc2ccc(CNC(=NC)NCc3ccnn3C)cc2)CC1. The third-order valence-electron chi connectivity index (χ3n) is 5.38. The van der Waals surface area contributed by atoms with Crippen LogP contribution in [0.15, 0.2) is 41.5 Å². The minimum atomic E-state index is 0.695. The number of guanidine groups is 1. The Labute approximate surface area is 168 Å². The average Bonchev–Trinajstić information content (AvgIpc) is 3.14. The number of hydrogen-bond donors (Lipinski definition) is 2. The lowest BCUT2D eigenvalue weighted by Crippen LogP contribution is -2.45. The van der Waals surface area contributed by atoms with Crippen molar-refractivity contribution in [1.29, 1.82) is 0 Å². The topological polar surface area (TPSA) is 60.7 Å². The summed E-state index contributed by atoms with van der Waals surface area (Å²) < 4.78 is 1.86. The van der Waals surface area contributed by atoms with Gasteiger partial charge in [0.05, 0.1) is 12.2 Å². The summed E-state index contributed by atoms with van der Waals surface area (Å²) in [6.07, 6.45) is 1.80. The number of aromatic nitrogens is 2. The first-order valence-electron chi connectivity index (χ1n) is 10.1. The number of nitrogens with one attached hydrogen (secondary N) is 2. The molecule has 28 heavy (non-hydrogen) atoms. The summed E-state index contributed by atoms with van der Waals surface area (Å²) in [5.41, 5.74) is 3.75. The molecule has 0 spiro atoms. The van der Waals surface area contributed by atoms with E-state index >= 15 is 0 Å². The predicted octanol–water partition coefficient (Wildman–Crippen LogP) is 1.42. The summed E-state index contributed by atoms with van der Waals surface area (Å²) in [6, 6.07) is 10.9. The van der Waals surface area contributed by atoms with Gasteiger partial charge in [0, 0.05) is 59.6 Å². The van der Waals surface area contributed by atoms with Gasteiger partial charge in [0.25, 0.3) is 0 Å². The molecule has 3 rings (SSSR count). The Balaban J connectivity index is 1.42. The molecule has 2 aromatic rings. The predicted molar refractivity (Wildman–Crippen MR) is 114 cm³/mol. The second-order valence-electron chi connectivity index (χ2n) is 7.25. The number of nitrogens with zero attached hydrogens (tertiary/aromatic N) is 5. The Hall–Kier alpha value is -2.38. The van der Waals surface area contributed by atoms with E-state index in [0.29, 0.717) is 6.54 Å². The molecule has 0 radical (unpaired) electrons. The summed E-state index contributed by atoms with van der Waals surface area (Å²) >= 11 is 0. The maximum Gasteiger partial charge on any atom is 0.191 e. The van der Waals surface area contributed by atoms with E-state index in [2.05, 4.69) is 61.7 Å². The van der Waals surface area contributed by atoms with Gasteiger partial charge in [0.1, 0.15) is 0 Å². The molecule has 0 aliphatic carbocycles. The van der Waals surface area contributed by atoms with Crippen molar-refractivity contribution in [3.8, 4) is 0 Å². The number of piperazine rings is 1. The first kappa shape index (κ1) is 20.4. The van der Waals surface area contributed by atoms with E-state index in [1.165, 1.54) is 24.2 Å².